The van der Waals surface area contributed by atoms with Gasteiger partial charge in [-0.3, -0.25) is 9.59 Å². The van der Waals surface area contributed by atoms with Crippen molar-refractivity contribution in [1.29, 1.82) is 0 Å². The molecule has 1 aromatic heterocycles. The van der Waals surface area contributed by atoms with Gasteiger partial charge in [-0.25, -0.2) is 0 Å². The molecule has 1 rings (SSSR count). The lowest BCUT2D eigenvalue weighted by molar-refractivity contribution is 0.0959. The average Bonchev–Trinajstić information content (AvgIpc) is 2.76. The Labute approximate surface area is 123 Å². The van der Waals surface area contributed by atoms with Gasteiger partial charge in [0.15, 0.2) is 0 Å². The van der Waals surface area contributed by atoms with E-state index in [1.54, 1.807) is 7.05 Å². The standard InChI is InChI=1S/C13H22N4O2S/c1-5-7-17(4)13-8(11(18)15-3)9(14)10(20-13)12(19)16-6-2/h5-7,14H2,1-4H3,(H,15,18)(H,16,19). The van der Waals surface area contributed by atoms with Gasteiger partial charge in [-0.2, -0.15) is 0 Å². The lowest BCUT2D eigenvalue weighted by Gasteiger charge is -2.17. The molecule has 20 heavy (non-hydrogen) atoms. The van der Waals surface area contributed by atoms with Crippen LogP contribution in [0, 0.1) is 0 Å². The maximum atomic E-state index is 12.0. The summed E-state index contributed by atoms with van der Waals surface area (Å²) in [7, 11) is 3.44. The maximum absolute atomic E-state index is 12.0. The number of thiophene rings is 1. The lowest BCUT2D eigenvalue weighted by atomic mass is 10.2. The Morgan fingerprint density at radius 2 is 1.95 bits per heavy atom. The predicted molar refractivity (Wildman–Crippen MR) is 83.7 cm³/mol. The monoisotopic (exact) mass is 298 g/mol. The SMILES string of the molecule is CCCN(C)c1sc(C(=O)NCC)c(N)c1C(=O)NC. The van der Waals surface area contributed by atoms with Crippen molar-refractivity contribution >= 4 is 33.8 Å². The summed E-state index contributed by atoms with van der Waals surface area (Å²) in [6.07, 6.45) is 0.942. The number of hydrogen-bond acceptors (Lipinski definition) is 5. The van der Waals surface area contributed by atoms with Crippen LogP contribution in [-0.4, -0.2) is 39.0 Å². The largest absolute Gasteiger partial charge is 0.397 e. The minimum absolute atomic E-state index is 0.240. The van der Waals surface area contributed by atoms with Crippen LogP contribution in [0.2, 0.25) is 0 Å². The zero-order valence-electron chi connectivity index (χ0n) is 12.4. The molecule has 0 unspecified atom stereocenters. The number of hydrogen-bond donors (Lipinski definition) is 3. The fourth-order valence-electron chi connectivity index (χ4n) is 1.89. The van der Waals surface area contributed by atoms with E-state index >= 15 is 0 Å². The fourth-order valence-corrected chi connectivity index (χ4v) is 3.01. The third-order valence-corrected chi connectivity index (χ3v) is 4.15. The lowest BCUT2D eigenvalue weighted by Crippen LogP contribution is -2.25. The number of carbonyl (C=O) groups is 2. The molecule has 0 bridgehead atoms. The van der Waals surface area contributed by atoms with Crippen LogP contribution in [0.5, 0.6) is 0 Å². The normalized spacial score (nSPS) is 10.2. The second-order valence-electron chi connectivity index (χ2n) is 4.39. The molecule has 0 aliphatic carbocycles. The summed E-state index contributed by atoms with van der Waals surface area (Å²) in [5.74, 6) is -0.511. The quantitative estimate of drug-likeness (QED) is 0.738. The second-order valence-corrected chi connectivity index (χ2v) is 5.38. The van der Waals surface area contributed by atoms with E-state index < -0.39 is 0 Å². The average molecular weight is 298 g/mol. The van der Waals surface area contributed by atoms with Crippen LogP contribution in [0.1, 0.15) is 40.3 Å². The Bertz CT molecular complexity index is 499. The third-order valence-electron chi connectivity index (χ3n) is 2.83. The highest BCUT2D eigenvalue weighted by Crippen LogP contribution is 2.37. The minimum atomic E-state index is -0.271. The molecule has 0 aliphatic rings. The van der Waals surface area contributed by atoms with Gasteiger partial charge in [-0.1, -0.05) is 6.92 Å². The molecule has 1 aromatic rings. The summed E-state index contributed by atoms with van der Waals surface area (Å²) < 4.78 is 0. The number of amides is 2. The van der Waals surface area contributed by atoms with Gasteiger partial charge in [-0.15, -0.1) is 11.3 Å². The molecule has 1 heterocycles. The minimum Gasteiger partial charge on any atom is -0.397 e. The Morgan fingerprint density at radius 3 is 2.45 bits per heavy atom. The first kappa shape index (κ1) is 16.3. The molecule has 0 saturated carbocycles. The number of nitrogens with zero attached hydrogens (tertiary/aromatic N) is 1. The molecule has 0 aromatic carbocycles. The predicted octanol–water partition coefficient (Wildman–Crippen LogP) is 1.29. The van der Waals surface area contributed by atoms with Crippen molar-refractivity contribution in [2.75, 3.05) is 37.8 Å². The summed E-state index contributed by atoms with van der Waals surface area (Å²) >= 11 is 1.25. The summed E-state index contributed by atoms with van der Waals surface area (Å²) in [6, 6.07) is 0. The number of nitrogens with one attached hydrogen (secondary N) is 2. The highest BCUT2D eigenvalue weighted by Gasteiger charge is 2.26. The van der Waals surface area contributed by atoms with Crippen molar-refractivity contribution in [1.82, 2.24) is 10.6 Å². The van der Waals surface area contributed by atoms with E-state index in [1.165, 1.54) is 11.3 Å². The van der Waals surface area contributed by atoms with Crippen molar-refractivity contribution < 1.29 is 9.59 Å². The molecule has 0 saturated heterocycles. The highest BCUT2D eigenvalue weighted by atomic mass is 32.1. The first-order valence-corrected chi connectivity index (χ1v) is 7.43. The highest BCUT2D eigenvalue weighted by molar-refractivity contribution is 7.19. The molecular formula is C13H22N4O2S. The van der Waals surface area contributed by atoms with Gasteiger partial charge in [0.1, 0.15) is 9.88 Å². The number of rotatable bonds is 6. The molecule has 112 valence electrons. The summed E-state index contributed by atoms with van der Waals surface area (Å²) in [4.78, 5) is 26.4. The molecule has 4 N–H and O–H groups in total. The molecule has 7 heteroatoms. The van der Waals surface area contributed by atoms with Crippen molar-refractivity contribution in [2.45, 2.75) is 20.3 Å². The Hall–Kier alpha value is -1.76. The van der Waals surface area contributed by atoms with E-state index in [1.807, 2.05) is 18.9 Å². The number of nitrogens with two attached hydrogens (primary N) is 1. The van der Waals surface area contributed by atoms with E-state index in [0.29, 0.717) is 17.0 Å². The summed E-state index contributed by atoms with van der Waals surface area (Å²) in [5.41, 5.74) is 6.64. The topological polar surface area (TPSA) is 87.5 Å². The second kappa shape index (κ2) is 7.14. The third kappa shape index (κ3) is 3.22. The van der Waals surface area contributed by atoms with Crippen molar-refractivity contribution in [2.24, 2.45) is 0 Å². The number of anilines is 2. The molecule has 0 spiro atoms. The van der Waals surface area contributed by atoms with Gasteiger partial charge in [-0.05, 0) is 13.3 Å². The van der Waals surface area contributed by atoms with Crippen molar-refractivity contribution in [3.05, 3.63) is 10.4 Å². The van der Waals surface area contributed by atoms with Crippen LogP contribution in [0.25, 0.3) is 0 Å². The molecule has 2 amide bonds. The zero-order chi connectivity index (χ0) is 15.3. The Kier molecular flexibility index (Phi) is 5.82. The Morgan fingerprint density at radius 1 is 1.30 bits per heavy atom. The van der Waals surface area contributed by atoms with Crippen LogP contribution in [-0.2, 0) is 0 Å². The fraction of sp³-hybridized carbons (Fsp3) is 0.538. The zero-order valence-corrected chi connectivity index (χ0v) is 13.2. The molecular weight excluding hydrogens is 276 g/mol. The maximum Gasteiger partial charge on any atom is 0.263 e. The Balaban J connectivity index is 3.30. The van der Waals surface area contributed by atoms with Gasteiger partial charge < -0.3 is 21.3 Å². The summed E-state index contributed by atoms with van der Waals surface area (Å²) in [6.45, 7) is 5.20. The van der Waals surface area contributed by atoms with E-state index in [4.69, 9.17) is 5.73 Å². The van der Waals surface area contributed by atoms with Crippen LogP contribution < -0.4 is 21.3 Å². The van der Waals surface area contributed by atoms with Gasteiger partial charge in [0.2, 0.25) is 0 Å². The molecule has 0 atom stereocenters. The molecule has 0 radical (unpaired) electrons. The van der Waals surface area contributed by atoms with E-state index in [-0.39, 0.29) is 17.5 Å². The van der Waals surface area contributed by atoms with Crippen LogP contribution in [0.15, 0.2) is 0 Å². The smallest absolute Gasteiger partial charge is 0.263 e. The molecule has 0 aliphatic heterocycles. The van der Waals surface area contributed by atoms with E-state index in [2.05, 4.69) is 17.6 Å². The van der Waals surface area contributed by atoms with Gasteiger partial charge in [0.05, 0.1) is 11.3 Å². The van der Waals surface area contributed by atoms with Crippen molar-refractivity contribution in [3.63, 3.8) is 0 Å². The number of carbonyl (C=O) groups excluding carboxylic acids is 2. The van der Waals surface area contributed by atoms with E-state index in [0.717, 1.165) is 18.0 Å². The van der Waals surface area contributed by atoms with E-state index in [9.17, 15) is 9.59 Å². The van der Waals surface area contributed by atoms with Crippen molar-refractivity contribution in [3.8, 4) is 0 Å². The summed E-state index contributed by atoms with van der Waals surface area (Å²) in [5, 5.41) is 6.01. The van der Waals surface area contributed by atoms with Gasteiger partial charge >= 0.3 is 0 Å². The molecule has 0 fully saturated rings. The first-order valence-electron chi connectivity index (χ1n) is 6.61. The molecule has 6 nitrogen and oxygen atoms in total. The number of nitrogen functional groups attached to an aromatic ring is 1. The van der Waals surface area contributed by atoms with Gasteiger partial charge in [0, 0.05) is 27.2 Å². The van der Waals surface area contributed by atoms with Gasteiger partial charge in [0.25, 0.3) is 11.8 Å². The first-order chi connectivity index (χ1) is 9.47. The van der Waals surface area contributed by atoms with Crippen LogP contribution in [0.3, 0.4) is 0 Å². The van der Waals surface area contributed by atoms with Crippen LogP contribution >= 0.6 is 11.3 Å². The van der Waals surface area contributed by atoms with Crippen LogP contribution in [0.4, 0.5) is 10.7 Å².